The molecule has 34 heavy (non-hydrogen) atoms. The van der Waals surface area contributed by atoms with Gasteiger partial charge in [-0.1, -0.05) is 35.3 Å². The first-order valence-corrected chi connectivity index (χ1v) is 11.1. The minimum absolute atomic E-state index is 0.0441. The quantitative estimate of drug-likeness (QED) is 0.264. The number of phenols is 1. The number of rotatable bonds is 4. The number of carbonyl (C=O) groups excluding carboxylic acids is 2. The number of methoxy groups -OCH3 is 1. The molecule has 1 saturated heterocycles. The highest BCUT2D eigenvalue weighted by Crippen LogP contribution is 2.44. The Balaban J connectivity index is 2.00. The van der Waals surface area contributed by atoms with Gasteiger partial charge in [-0.15, -0.1) is 0 Å². The fourth-order valence-corrected chi connectivity index (χ4v) is 4.34. The van der Waals surface area contributed by atoms with Gasteiger partial charge < -0.3 is 14.9 Å². The van der Waals surface area contributed by atoms with Crippen LogP contribution in [0.5, 0.6) is 11.5 Å². The summed E-state index contributed by atoms with van der Waals surface area (Å²) in [6.45, 7) is 3.84. The second kappa shape index (κ2) is 9.05. The van der Waals surface area contributed by atoms with Crippen molar-refractivity contribution in [3.05, 3.63) is 92.5 Å². The molecule has 6 nitrogen and oxygen atoms in total. The molecule has 1 heterocycles. The Morgan fingerprint density at radius 3 is 2.32 bits per heavy atom. The van der Waals surface area contributed by atoms with Crippen LogP contribution in [-0.2, 0) is 9.59 Å². The van der Waals surface area contributed by atoms with Crippen LogP contribution in [0, 0.1) is 13.8 Å². The number of aliphatic hydroxyl groups excluding tert-OH is 1. The van der Waals surface area contributed by atoms with Crippen LogP contribution >= 0.6 is 23.2 Å². The van der Waals surface area contributed by atoms with Crippen LogP contribution < -0.4 is 9.64 Å². The van der Waals surface area contributed by atoms with Crippen molar-refractivity contribution in [3.63, 3.8) is 0 Å². The van der Waals surface area contributed by atoms with Gasteiger partial charge in [0.2, 0.25) is 0 Å². The molecule has 1 atom stereocenters. The molecule has 0 bridgehead atoms. The third kappa shape index (κ3) is 4.00. The number of benzene rings is 3. The maximum absolute atomic E-state index is 13.3. The van der Waals surface area contributed by atoms with Gasteiger partial charge in [-0.2, -0.15) is 0 Å². The van der Waals surface area contributed by atoms with E-state index in [0.717, 1.165) is 11.1 Å². The molecule has 3 aromatic rings. The van der Waals surface area contributed by atoms with E-state index in [4.69, 9.17) is 27.9 Å². The molecular weight excluding hydrogens is 477 g/mol. The van der Waals surface area contributed by atoms with Gasteiger partial charge in [-0.25, -0.2) is 0 Å². The van der Waals surface area contributed by atoms with Gasteiger partial charge in [0.05, 0.1) is 28.8 Å². The summed E-state index contributed by atoms with van der Waals surface area (Å²) in [4.78, 5) is 27.9. The third-order valence-electron chi connectivity index (χ3n) is 5.93. The van der Waals surface area contributed by atoms with Crippen LogP contribution in [0.25, 0.3) is 5.76 Å². The van der Waals surface area contributed by atoms with E-state index in [0.29, 0.717) is 17.0 Å². The number of Topliss-reactive ketones (excluding diaryl/α,β-unsaturated/α-hetero) is 1. The molecule has 0 aromatic heterocycles. The number of ketones is 1. The lowest BCUT2D eigenvalue weighted by Crippen LogP contribution is -2.29. The van der Waals surface area contributed by atoms with Crippen LogP contribution in [0.3, 0.4) is 0 Å². The van der Waals surface area contributed by atoms with E-state index in [9.17, 15) is 19.8 Å². The number of aliphatic hydroxyl groups is 1. The Kier molecular flexibility index (Phi) is 6.30. The number of amides is 1. The van der Waals surface area contributed by atoms with Gasteiger partial charge in [0, 0.05) is 11.3 Å². The summed E-state index contributed by atoms with van der Waals surface area (Å²) >= 11 is 12.5. The molecule has 3 aromatic carbocycles. The summed E-state index contributed by atoms with van der Waals surface area (Å²) in [6, 6.07) is 13.4. The molecule has 1 aliphatic rings. The zero-order chi connectivity index (χ0) is 24.7. The lowest BCUT2D eigenvalue weighted by atomic mass is 9.94. The average molecular weight is 498 g/mol. The van der Waals surface area contributed by atoms with Gasteiger partial charge in [-0.05, 0) is 73.0 Å². The van der Waals surface area contributed by atoms with Gasteiger partial charge >= 0.3 is 0 Å². The first-order chi connectivity index (χ1) is 16.1. The summed E-state index contributed by atoms with van der Waals surface area (Å²) in [5.74, 6) is -1.85. The highest BCUT2D eigenvalue weighted by molar-refractivity contribution is 6.52. The Morgan fingerprint density at radius 1 is 0.941 bits per heavy atom. The van der Waals surface area contributed by atoms with Crippen LogP contribution in [0.1, 0.15) is 28.3 Å². The molecule has 0 aliphatic carbocycles. The molecule has 174 valence electrons. The van der Waals surface area contributed by atoms with Crippen LogP contribution in [0.15, 0.2) is 60.2 Å². The number of aromatic hydroxyl groups is 1. The highest BCUT2D eigenvalue weighted by atomic mass is 35.5. The van der Waals surface area contributed by atoms with Crippen molar-refractivity contribution in [1.29, 1.82) is 0 Å². The summed E-state index contributed by atoms with van der Waals surface area (Å²) in [6.07, 6.45) is 0. The summed E-state index contributed by atoms with van der Waals surface area (Å²) < 4.78 is 5.23. The molecule has 0 radical (unpaired) electrons. The van der Waals surface area contributed by atoms with Gasteiger partial charge in [0.15, 0.2) is 0 Å². The Morgan fingerprint density at radius 2 is 1.68 bits per heavy atom. The van der Waals surface area contributed by atoms with Crippen molar-refractivity contribution in [2.45, 2.75) is 19.9 Å². The number of ether oxygens (including phenoxy) is 1. The van der Waals surface area contributed by atoms with Crippen molar-refractivity contribution >= 4 is 46.3 Å². The molecule has 1 fully saturated rings. The normalized spacial score (nSPS) is 17.3. The number of anilines is 1. The second-order valence-corrected chi connectivity index (χ2v) is 8.81. The summed E-state index contributed by atoms with van der Waals surface area (Å²) in [5, 5.41) is 21.4. The van der Waals surface area contributed by atoms with E-state index in [1.165, 1.54) is 36.3 Å². The van der Waals surface area contributed by atoms with Crippen LogP contribution in [0.2, 0.25) is 10.0 Å². The first-order valence-electron chi connectivity index (χ1n) is 10.3. The number of hydrogen-bond donors (Lipinski definition) is 2. The van der Waals surface area contributed by atoms with Crippen molar-refractivity contribution < 1.29 is 24.5 Å². The molecule has 1 aliphatic heterocycles. The van der Waals surface area contributed by atoms with Crippen molar-refractivity contribution in [1.82, 2.24) is 0 Å². The first kappa shape index (κ1) is 23.7. The Hall–Kier alpha value is -3.48. The largest absolute Gasteiger partial charge is 0.507 e. The molecule has 4 rings (SSSR count). The Labute approximate surface area is 206 Å². The fraction of sp³-hybridized carbons (Fsp3) is 0.154. The molecule has 0 spiro atoms. The number of hydrogen-bond acceptors (Lipinski definition) is 5. The zero-order valence-electron chi connectivity index (χ0n) is 18.6. The third-order valence-corrected chi connectivity index (χ3v) is 6.56. The lowest BCUT2D eigenvalue weighted by Gasteiger charge is -2.26. The zero-order valence-corrected chi connectivity index (χ0v) is 20.1. The SMILES string of the molecule is COc1ccc(Cl)c(/C(O)=C2\C(=O)C(=O)N(c3ccc(C)c(C)c3)C2c2ccc(O)c(Cl)c2)c1. The molecular formula is C26H21Cl2NO5. The van der Waals surface area contributed by atoms with E-state index in [1.807, 2.05) is 19.9 Å². The van der Waals surface area contributed by atoms with Gasteiger partial charge in [-0.3, -0.25) is 14.5 Å². The smallest absolute Gasteiger partial charge is 0.300 e. The maximum Gasteiger partial charge on any atom is 0.300 e. The van der Waals surface area contributed by atoms with E-state index in [-0.39, 0.29) is 26.9 Å². The molecule has 2 N–H and O–H groups in total. The number of carbonyl (C=O) groups is 2. The topological polar surface area (TPSA) is 87.1 Å². The average Bonchev–Trinajstić information content (AvgIpc) is 3.08. The minimum atomic E-state index is -1.01. The Bertz CT molecular complexity index is 1370. The predicted molar refractivity (Wildman–Crippen MR) is 132 cm³/mol. The number of halogens is 2. The second-order valence-electron chi connectivity index (χ2n) is 7.99. The molecule has 8 heteroatoms. The predicted octanol–water partition coefficient (Wildman–Crippen LogP) is 5.95. The van der Waals surface area contributed by atoms with E-state index in [2.05, 4.69) is 0 Å². The van der Waals surface area contributed by atoms with Crippen LogP contribution in [-0.4, -0.2) is 29.0 Å². The van der Waals surface area contributed by atoms with Gasteiger partial charge in [0.1, 0.15) is 17.3 Å². The van der Waals surface area contributed by atoms with E-state index >= 15 is 0 Å². The minimum Gasteiger partial charge on any atom is -0.507 e. The molecule has 0 saturated carbocycles. The highest BCUT2D eigenvalue weighted by Gasteiger charge is 2.47. The maximum atomic E-state index is 13.3. The molecule has 1 amide bonds. The molecule has 1 unspecified atom stereocenters. The monoisotopic (exact) mass is 497 g/mol. The number of aryl methyl sites for hydroxylation is 2. The fourth-order valence-electron chi connectivity index (χ4n) is 3.94. The number of phenolic OH excluding ortho intramolecular Hbond substituents is 1. The van der Waals surface area contributed by atoms with E-state index < -0.39 is 23.5 Å². The van der Waals surface area contributed by atoms with Crippen LogP contribution in [0.4, 0.5) is 5.69 Å². The van der Waals surface area contributed by atoms with Crippen molar-refractivity contribution in [3.8, 4) is 11.5 Å². The number of nitrogens with zero attached hydrogens (tertiary/aromatic N) is 1. The van der Waals surface area contributed by atoms with Crippen molar-refractivity contribution in [2.75, 3.05) is 12.0 Å². The van der Waals surface area contributed by atoms with E-state index in [1.54, 1.807) is 24.3 Å². The lowest BCUT2D eigenvalue weighted by molar-refractivity contribution is -0.132. The summed E-state index contributed by atoms with van der Waals surface area (Å²) in [7, 11) is 1.46. The standard InChI is InChI=1S/C26H21Cl2NO5/c1-13-4-6-16(10-14(13)2)29-23(15-5-9-21(30)20(28)11-15)22(25(32)26(29)33)24(31)18-12-17(34-3)7-8-19(18)27/h4-12,23,30-31H,1-3H3/b24-22+. The summed E-state index contributed by atoms with van der Waals surface area (Å²) in [5.41, 5.74) is 2.86. The van der Waals surface area contributed by atoms with Gasteiger partial charge in [0.25, 0.3) is 11.7 Å². The van der Waals surface area contributed by atoms with Crippen molar-refractivity contribution in [2.24, 2.45) is 0 Å².